The molecule has 49 heavy (non-hydrogen) atoms. The predicted molar refractivity (Wildman–Crippen MR) is 199 cm³/mol. The summed E-state index contributed by atoms with van der Waals surface area (Å²) < 4.78 is 41.0. The number of ether oxygens (including phenoxy) is 2. The molecule has 2 aliphatic carbocycles. The third kappa shape index (κ3) is 8.20. The molecule has 2 N–H and O–H groups in total. The van der Waals surface area contributed by atoms with Crippen molar-refractivity contribution in [3.05, 3.63) is 70.3 Å². The number of rotatable bonds is 4. The minimum Gasteiger partial charge on any atom is -0.490 e. The van der Waals surface area contributed by atoms with E-state index in [1.165, 1.54) is 11.1 Å². The van der Waals surface area contributed by atoms with E-state index in [1.807, 2.05) is 18.2 Å². The second-order valence-corrected chi connectivity index (χ2v) is 22.3. The summed E-state index contributed by atoms with van der Waals surface area (Å²) in [7, 11) is -4.73. The van der Waals surface area contributed by atoms with Gasteiger partial charge in [-0.05, 0) is 124 Å². The Kier molecular flexibility index (Phi) is 10.5. The molecule has 2 heterocycles. The summed E-state index contributed by atoms with van der Waals surface area (Å²) in [6.45, 7) is 3.83. The lowest BCUT2D eigenvalue weighted by Crippen LogP contribution is -2.52. The number of hydrogen-bond acceptors (Lipinski definition) is 7. The summed E-state index contributed by atoms with van der Waals surface area (Å²) >= 11 is 6.44. The predicted octanol–water partition coefficient (Wildman–Crippen LogP) is 6.43. The van der Waals surface area contributed by atoms with Gasteiger partial charge in [-0.15, -0.1) is 0 Å². The Balaban J connectivity index is 1.35. The van der Waals surface area contributed by atoms with E-state index in [1.54, 1.807) is 25.1 Å². The lowest BCUT2D eigenvalue weighted by Gasteiger charge is -2.46. The first-order chi connectivity index (χ1) is 23.2. The quantitative estimate of drug-likeness (QED) is 0.349. The van der Waals surface area contributed by atoms with Crippen LogP contribution in [0.2, 0.25) is 5.02 Å². The fourth-order valence-electron chi connectivity index (χ4n) is 7.71. The van der Waals surface area contributed by atoms with Crippen molar-refractivity contribution in [2.45, 2.75) is 68.6 Å². The third-order valence-electron chi connectivity index (χ3n) is 10.8. The molecule has 2 aliphatic heterocycles. The topological polar surface area (TPSA) is 114 Å². The molecule has 12 heteroatoms. The Bertz CT molecular complexity index is 1710. The molecule has 0 unspecified atom stereocenters. The number of sulfonamides is 1. The van der Waals surface area contributed by atoms with E-state index < -0.39 is 37.3 Å². The third-order valence-corrected chi connectivity index (χ3v) is 14.1. The minimum atomic E-state index is -3.93. The van der Waals surface area contributed by atoms with Gasteiger partial charge in [0.2, 0.25) is 10.0 Å². The Labute approximate surface area is 297 Å². The highest BCUT2D eigenvalue weighted by atomic mass is 35.5. The van der Waals surface area contributed by atoms with E-state index in [0.29, 0.717) is 44.9 Å². The van der Waals surface area contributed by atoms with Gasteiger partial charge in [0.1, 0.15) is 12.4 Å². The molecule has 2 aromatic carbocycles. The number of nitrogens with one attached hydrogen (secondary N) is 2. The van der Waals surface area contributed by atoms with E-state index in [4.69, 9.17) is 21.1 Å². The average Bonchev–Trinajstić information content (AvgIpc) is 3.16. The van der Waals surface area contributed by atoms with Crippen LogP contribution >= 0.6 is 21.6 Å². The van der Waals surface area contributed by atoms with Gasteiger partial charge in [0.05, 0.1) is 23.6 Å². The van der Waals surface area contributed by atoms with E-state index in [-0.39, 0.29) is 28.9 Å². The second-order valence-electron chi connectivity index (χ2n) is 15.2. The molecule has 9 nitrogen and oxygen atoms in total. The van der Waals surface area contributed by atoms with Crippen LogP contribution in [0.25, 0.3) is 0 Å². The van der Waals surface area contributed by atoms with Crippen molar-refractivity contribution in [2.24, 2.45) is 11.8 Å². The van der Waals surface area contributed by atoms with Gasteiger partial charge in [0.15, 0.2) is 0 Å². The smallest absolute Gasteiger partial charge is 0.407 e. The number of anilines is 1. The highest BCUT2D eigenvalue weighted by Crippen LogP contribution is 2.47. The molecule has 0 aromatic heterocycles. The summed E-state index contributed by atoms with van der Waals surface area (Å²) in [4.78, 5) is 28.8. The normalized spacial score (nSPS) is 29.2. The monoisotopic (exact) mass is 731 g/mol. The van der Waals surface area contributed by atoms with Crippen molar-refractivity contribution in [2.75, 3.05) is 55.7 Å². The number of amides is 2. The van der Waals surface area contributed by atoms with Gasteiger partial charge >= 0.3 is 6.09 Å². The maximum absolute atomic E-state index is 13.4. The molecule has 1 spiro atoms. The Morgan fingerprint density at radius 3 is 2.73 bits per heavy atom. The van der Waals surface area contributed by atoms with Crippen molar-refractivity contribution >= 4 is 49.3 Å². The molecule has 4 aliphatic rings. The molecular weight excluding hydrogens is 682 g/mol. The number of nitrogens with zero attached hydrogens (tertiary/aromatic N) is 1. The molecule has 2 aromatic rings. The van der Waals surface area contributed by atoms with E-state index in [2.05, 4.69) is 45.8 Å². The number of allylic oxidation sites excluding steroid dienone is 1. The molecule has 1 fully saturated rings. The standard InChI is InChI=1S/C37H50ClN3O6S2/c1-25-8-5-6-10-32(39-36(43)46-18-19-48(2,3)4)30-14-11-28(30)22-41-23-37(17-7-9-26-20-29(38)13-15-31(26)37)24-47-34-16-12-27(21-33(34)41)35(42)40-49(25,44)45/h6,10,12-13,15-16,20-21,25,28,30,32H,5,7-9,11,14,17-19,22-24H2,1-4H3,(H,39,43)(H,40,42)/b10-6+/t25-,28+,30-,32+,37+/m1/s1. The Hall–Kier alpha value is -2.89. The van der Waals surface area contributed by atoms with Crippen molar-refractivity contribution in [3.8, 4) is 5.75 Å². The summed E-state index contributed by atoms with van der Waals surface area (Å²) in [5, 5.41) is 3.09. The van der Waals surface area contributed by atoms with Gasteiger partial charge < -0.3 is 19.7 Å². The summed E-state index contributed by atoms with van der Waals surface area (Å²) in [5.74, 6) is 1.28. The van der Waals surface area contributed by atoms with Crippen LogP contribution < -0.4 is 19.7 Å². The number of carbonyl (C=O) groups excluding carboxylic acids is 2. The van der Waals surface area contributed by atoms with Gasteiger partial charge in [0.25, 0.3) is 5.91 Å². The zero-order valence-corrected chi connectivity index (χ0v) is 31.4. The Morgan fingerprint density at radius 2 is 1.98 bits per heavy atom. The highest BCUT2D eigenvalue weighted by Gasteiger charge is 2.44. The molecule has 268 valence electrons. The molecule has 6 rings (SSSR count). The largest absolute Gasteiger partial charge is 0.490 e. The lowest BCUT2D eigenvalue weighted by atomic mass is 9.68. The molecule has 1 saturated carbocycles. The molecular formula is C37H50ClN3O6S2. The highest BCUT2D eigenvalue weighted by molar-refractivity contribution is 8.32. The van der Waals surface area contributed by atoms with Crippen molar-refractivity contribution in [1.82, 2.24) is 10.0 Å². The van der Waals surface area contributed by atoms with Crippen LogP contribution in [0, 0.1) is 11.8 Å². The van der Waals surface area contributed by atoms with E-state index >= 15 is 0 Å². The molecule has 0 radical (unpaired) electrons. The Morgan fingerprint density at radius 1 is 1.16 bits per heavy atom. The molecule has 0 saturated heterocycles. The number of halogens is 1. The van der Waals surface area contributed by atoms with Crippen LogP contribution in [0.15, 0.2) is 48.6 Å². The van der Waals surface area contributed by atoms with Crippen LogP contribution in [-0.4, -0.2) is 82.5 Å². The number of alkyl carbamates (subject to hydrolysis) is 1. The van der Waals surface area contributed by atoms with Crippen LogP contribution in [-0.2, 0) is 26.6 Å². The molecule has 2 amide bonds. The fraction of sp³-hybridized carbons (Fsp3) is 0.568. The van der Waals surface area contributed by atoms with Crippen molar-refractivity contribution in [1.29, 1.82) is 0 Å². The number of aryl methyl sites for hydroxylation is 1. The first-order valence-electron chi connectivity index (χ1n) is 17.4. The van der Waals surface area contributed by atoms with Crippen LogP contribution in [0.5, 0.6) is 5.75 Å². The van der Waals surface area contributed by atoms with Gasteiger partial charge in [-0.3, -0.25) is 4.79 Å². The number of hydrogen-bond donors (Lipinski definition) is 2. The maximum Gasteiger partial charge on any atom is 0.407 e. The summed E-state index contributed by atoms with van der Waals surface area (Å²) in [6, 6.07) is 11.1. The summed E-state index contributed by atoms with van der Waals surface area (Å²) in [6.07, 6.45) is 15.8. The van der Waals surface area contributed by atoms with Gasteiger partial charge in [-0.2, -0.15) is 0 Å². The SMILES string of the molecule is C[C@@H]1CC/C=C/[C@H](NC(=O)OCCS(C)(C)C)[C@@H]2CC[C@H]2CN2C[C@@]3(CCCc4cc(Cl)ccc43)COc3ccc(cc32)C(=O)NS1(=O)=O. The van der Waals surface area contributed by atoms with E-state index in [9.17, 15) is 18.0 Å². The first-order valence-corrected chi connectivity index (χ1v) is 22.3. The first kappa shape index (κ1) is 35.9. The minimum absolute atomic E-state index is 0.165. The lowest BCUT2D eigenvalue weighted by molar-refractivity contribution is 0.0981. The maximum atomic E-state index is 13.4. The van der Waals surface area contributed by atoms with Crippen LogP contribution in [0.4, 0.5) is 10.5 Å². The zero-order valence-electron chi connectivity index (χ0n) is 29.0. The second kappa shape index (κ2) is 14.4. The number of fused-ring (bicyclic) bond motifs is 4. The fourth-order valence-corrected chi connectivity index (χ4v) is 9.51. The van der Waals surface area contributed by atoms with Gasteiger partial charge in [-0.25, -0.2) is 28.0 Å². The van der Waals surface area contributed by atoms with Crippen molar-refractivity contribution in [3.63, 3.8) is 0 Å². The van der Waals surface area contributed by atoms with Crippen molar-refractivity contribution < 1.29 is 27.5 Å². The number of carbonyl (C=O) groups is 2. The number of benzene rings is 2. The van der Waals surface area contributed by atoms with Gasteiger partial charge in [-0.1, -0.05) is 29.8 Å². The van der Waals surface area contributed by atoms with E-state index in [0.717, 1.165) is 48.6 Å². The average molecular weight is 732 g/mol. The zero-order chi connectivity index (χ0) is 35.0. The van der Waals surface area contributed by atoms with Gasteiger partial charge in [0, 0.05) is 34.8 Å². The molecule has 2 bridgehead atoms. The molecule has 5 atom stereocenters. The van der Waals surface area contributed by atoms with Crippen LogP contribution in [0.3, 0.4) is 0 Å². The van der Waals surface area contributed by atoms with Crippen LogP contribution in [0.1, 0.15) is 66.9 Å². The summed E-state index contributed by atoms with van der Waals surface area (Å²) in [5.41, 5.74) is 3.23.